The van der Waals surface area contributed by atoms with E-state index in [4.69, 9.17) is 55.6 Å². The first-order chi connectivity index (χ1) is 47.0. The maximum Gasteiger partial charge on any atom is 0.412 e. The first-order valence-electron chi connectivity index (χ1n) is 28.6. The third-order valence-electron chi connectivity index (χ3n) is 12.3. The molecule has 0 atom stereocenters. The lowest BCUT2D eigenvalue weighted by molar-refractivity contribution is 0.141. The molecule has 30 nitrogen and oxygen atoms in total. The second-order valence-corrected chi connectivity index (χ2v) is 19.5. The Morgan fingerprint density at radius 3 is 0.500 bits per heavy atom. The number of hydrogen-bond donors (Lipinski definition) is 6. The van der Waals surface area contributed by atoms with Gasteiger partial charge in [-0.25, -0.2) is 28.8 Å². The van der Waals surface area contributed by atoms with Gasteiger partial charge in [-0.15, -0.1) is 0 Å². The second-order valence-electron chi connectivity index (χ2n) is 19.5. The summed E-state index contributed by atoms with van der Waals surface area (Å²) >= 11 is 0. The van der Waals surface area contributed by atoms with Crippen LogP contribution in [0.4, 0.5) is 62.9 Å². The van der Waals surface area contributed by atoms with Crippen molar-refractivity contribution in [3.63, 3.8) is 0 Å². The zero-order valence-electron chi connectivity index (χ0n) is 50.1. The molecule has 0 spiro atoms. The molecule has 0 unspecified atom stereocenters. The third-order valence-corrected chi connectivity index (χ3v) is 12.3. The Kier molecular flexibility index (Phi) is 23.0. The molecule has 0 aliphatic carbocycles. The smallest absolute Gasteiger partial charge is 0.412 e. The molecule has 0 saturated heterocycles. The van der Waals surface area contributed by atoms with Gasteiger partial charge in [0.1, 0.15) is 34.2 Å². The van der Waals surface area contributed by atoms with Gasteiger partial charge in [-0.2, -0.15) is 0 Å². The van der Waals surface area contributed by atoms with Crippen molar-refractivity contribution in [2.45, 2.75) is 39.6 Å². The van der Waals surface area contributed by atoms with E-state index >= 15 is 0 Å². The highest BCUT2D eigenvalue weighted by molar-refractivity contribution is 5.87. The highest BCUT2D eigenvalue weighted by Gasteiger charge is 2.19. The van der Waals surface area contributed by atoms with Gasteiger partial charge in [0.15, 0.2) is 74.2 Å². The number of ether oxygens (including phenoxy) is 6. The molecule has 6 amide bonds. The van der Waals surface area contributed by atoms with Gasteiger partial charge in [-0.3, -0.25) is 31.9 Å². The number of nitrogens with one attached hydrogen (secondary N) is 6. The Balaban J connectivity index is 0.000000157. The molecule has 6 aromatic heterocycles. The summed E-state index contributed by atoms with van der Waals surface area (Å²) in [7, 11) is 0. The van der Waals surface area contributed by atoms with Crippen molar-refractivity contribution in [1.82, 2.24) is 30.9 Å². The number of benzene rings is 6. The minimum Gasteiger partial charge on any atom is -0.441 e. The molecule has 0 radical (unpaired) electrons. The Morgan fingerprint density at radius 1 is 0.229 bits per heavy atom. The monoisotopic (exact) mass is 1300 g/mol. The van der Waals surface area contributed by atoms with Gasteiger partial charge in [-0.05, 0) is 72.8 Å². The zero-order valence-corrected chi connectivity index (χ0v) is 50.1. The van der Waals surface area contributed by atoms with Gasteiger partial charge in [0.2, 0.25) is 0 Å². The van der Waals surface area contributed by atoms with E-state index in [0.717, 1.165) is 0 Å². The summed E-state index contributed by atoms with van der Waals surface area (Å²) < 4.78 is 61.6. The molecule has 12 rings (SSSR count). The fourth-order valence-electron chi connectivity index (χ4n) is 7.88. The van der Waals surface area contributed by atoms with Crippen molar-refractivity contribution in [2.75, 3.05) is 31.9 Å². The van der Waals surface area contributed by atoms with E-state index in [-0.39, 0.29) is 39.6 Å². The summed E-state index contributed by atoms with van der Waals surface area (Å²) in [6.45, 7) is -0.672. The van der Waals surface area contributed by atoms with Crippen LogP contribution >= 0.6 is 0 Å². The van der Waals surface area contributed by atoms with Crippen LogP contribution < -0.4 is 31.9 Å². The van der Waals surface area contributed by atoms with Crippen LogP contribution in [0.1, 0.15) is 34.6 Å². The maximum atomic E-state index is 11.8. The highest BCUT2D eigenvalue weighted by Crippen LogP contribution is 2.24. The maximum absolute atomic E-state index is 11.8. The van der Waals surface area contributed by atoms with Gasteiger partial charge in [0.25, 0.3) is 0 Å². The van der Waals surface area contributed by atoms with Crippen LogP contribution in [-0.2, 0) is 68.1 Å². The Bertz CT molecular complexity index is 3680. The minimum absolute atomic E-state index is 0.112. The molecule has 30 heteroatoms. The van der Waals surface area contributed by atoms with Crippen molar-refractivity contribution >= 4 is 70.7 Å². The SMILES string of the molecule is O=C(Nc1ccccc1)OCc1cc(-c2cc(COC(=O)Nc3ccccc3)on2)no1.O=C(Nc1ccccc1)OCc1cc(-c2cc(COC(=O)Nc3ccccc3)on2)no1.O=C(Nc1ccccc1)OCc1cc(-c2cc(COC(=O)Nc3ccccc3)on2)no1. The number of carbonyl (C=O) groups is 6. The standard InChI is InChI=1S/3C22H18N4O6/c3*27-21(23-15-7-3-1-4-8-15)29-13-17-11-19(25-31-17)20-12-18(32-26-20)14-30-22(28)24-16-9-5-2-6-10-16/h3*1-12H,13-14H2,(H,23,27)(H,24,28). The van der Waals surface area contributed by atoms with Crippen LogP contribution in [0.3, 0.4) is 0 Å². The number of rotatable bonds is 21. The molecule has 6 N–H and O–H groups in total. The van der Waals surface area contributed by atoms with Gasteiger partial charge < -0.3 is 55.6 Å². The number of para-hydroxylation sites is 6. The summed E-state index contributed by atoms with van der Waals surface area (Å²) in [5, 5.41) is 38.9. The second kappa shape index (κ2) is 33.9. The molecule has 0 saturated carbocycles. The lowest BCUT2D eigenvalue weighted by Crippen LogP contribution is -2.13. The number of hydrogen-bond acceptors (Lipinski definition) is 24. The summed E-state index contributed by atoms with van der Waals surface area (Å²) in [6, 6.07) is 62.9. The minimum atomic E-state index is -0.621. The number of amides is 6. The molecule has 0 bridgehead atoms. The van der Waals surface area contributed by atoms with Crippen LogP contribution in [0.2, 0.25) is 0 Å². The summed E-state index contributed by atoms with van der Waals surface area (Å²) in [5.41, 5.74) is 6.01. The van der Waals surface area contributed by atoms with Crippen LogP contribution in [0.5, 0.6) is 0 Å². The normalized spacial score (nSPS) is 10.4. The van der Waals surface area contributed by atoms with E-state index in [1.807, 2.05) is 36.4 Å². The lowest BCUT2D eigenvalue weighted by atomic mass is 10.3. The third kappa shape index (κ3) is 21.2. The fraction of sp³-hybridized carbons (Fsp3) is 0.0909. The average Bonchev–Trinajstić information content (AvgIpc) is 2.36. The lowest BCUT2D eigenvalue weighted by Gasteiger charge is -2.04. The van der Waals surface area contributed by atoms with Crippen molar-refractivity contribution in [3.05, 3.63) is 253 Å². The molecular weight excluding hydrogens is 1250 g/mol. The van der Waals surface area contributed by atoms with E-state index in [1.165, 1.54) is 0 Å². The molecule has 12 aromatic rings. The predicted octanol–water partition coefficient (Wildman–Crippen LogP) is 14.5. The van der Waals surface area contributed by atoms with Gasteiger partial charge in [0, 0.05) is 70.5 Å². The largest absolute Gasteiger partial charge is 0.441 e. The predicted molar refractivity (Wildman–Crippen MR) is 337 cm³/mol. The average molecular weight is 1300 g/mol. The van der Waals surface area contributed by atoms with E-state index in [2.05, 4.69) is 62.8 Å². The quantitative estimate of drug-likeness (QED) is 0.0364. The number of aromatic nitrogens is 6. The van der Waals surface area contributed by atoms with E-state index in [9.17, 15) is 28.8 Å². The van der Waals surface area contributed by atoms with Crippen LogP contribution in [0.25, 0.3) is 34.2 Å². The van der Waals surface area contributed by atoms with Crippen molar-refractivity contribution in [1.29, 1.82) is 0 Å². The molecule has 6 heterocycles. The Hall–Kier alpha value is -13.8. The van der Waals surface area contributed by atoms with Crippen LogP contribution in [0, 0.1) is 0 Å². The van der Waals surface area contributed by atoms with Gasteiger partial charge >= 0.3 is 36.6 Å². The highest BCUT2D eigenvalue weighted by atomic mass is 16.6. The van der Waals surface area contributed by atoms with Crippen molar-refractivity contribution in [3.8, 4) is 34.2 Å². The molecule has 6 aromatic carbocycles. The van der Waals surface area contributed by atoms with E-state index in [0.29, 0.717) is 103 Å². The summed E-state index contributed by atoms with van der Waals surface area (Å²) in [4.78, 5) is 71.0. The van der Waals surface area contributed by atoms with Crippen molar-refractivity contribution < 1.29 is 84.3 Å². The van der Waals surface area contributed by atoms with E-state index in [1.54, 1.807) is 182 Å². The molecule has 0 fully saturated rings. The van der Waals surface area contributed by atoms with Gasteiger partial charge in [-0.1, -0.05) is 140 Å². The number of nitrogens with zero attached hydrogens (tertiary/aromatic N) is 6. The molecule has 96 heavy (non-hydrogen) atoms. The zero-order chi connectivity index (χ0) is 66.5. The number of carbonyl (C=O) groups excluding carboxylic acids is 6. The first-order valence-corrected chi connectivity index (χ1v) is 28.6. The molecular formula is C66H54N12O18. The van der Waals surface area contributed by atoms with Crippen LogP contribution in [-0.4, -0.2) is 67.5 Å². The Labute approximate surface area is 542 Å². The molecule has 0 aliphatic heterocycles. The Morgan fingerprint density at radius 2 is 0.365 bits per heavy atom. The molecule has 0 aliphatic rings. The van der Waals surface area contributed by atoms with Crippen molar-refractivity contribution in [2.24, 2.45) is 0 Å². The number of anilines is 6. The first kappa shape index (κ1) is 65.2. The summed E-state index contributed by atoms with van der Waals surface area (Å²) in [5.74, 6) is 1.95. The summed E-state index contributed by atoms with van der Waals surface area (Å²) in [6.07, 6.45) is -3.73. The van der Waals surface area contributed by atoms with Crippen LogP contribution in [0.15, 0.2) is 246 Å². The fourth-order valence-corrected chi connectivity index (χ4v) is 7.88. The topological polar surface area (TPSA) is 386 Å². The molecule has 486 valence electrons. The van der Waals surface area contributed by atoms with E-state index < -0.39 is 36.6 Å². The van der Waals surface area contributed by atoms with Gasteiger partial charge in [0.05, 0.1) is 0 Å².